The molecule has 0 spiro atoms. The molecule has 0 radical (unpaired) electrons. The zero-order valence-corrected chi connectivity index (χ0v) is 13.7. The summed E-state index contributed by atoms with van der Waals surface area (Å²) in [7, 11) is 1.68. The Morgan fingerprint density at radius 2 is 2.00 bits per heavy atom. The highest BCUT2D eigenvalue weighted by Gasteiger charge is 2.33. The van der Waals surface area contributed by atoms with E-state index in [0.29, 0.717) is 25.4 Å². The maximum Gasteiger partial charge on any atom is 0.165 e. The maximum atomic E-state index is 12.3. The molecule has 1 aromatic rings. The summed E-state index contributed by atoms with van der Waals surface area (Å²) in [5.74, 6) is 0.291. The van der Waals surface area contributed by atoms with Gasteiger partial charge in [0.1, 0.15) is 0 Å². The van der Waals surface area contributed by atoms with Gasteiger partial charge in [-0.2, -0.15) is 0 Å². The van der Waals surface area contributed by atoms with Crippen molar-refractivity contribution in [1.82, 2.24) is 4.57 Å². The van der Waals surface area contributed by atoms with Gasteiger partial charge >= 0.3 is 0 Å². The predicted molar refractivity (Wildman–Crippen MR) is 82.9 cm³/mol. The lowest BCUT2D eigenvalue weighted by molar-refractivity contribution is 0.0678. The zero-order valence-electron chi connectivity index (χ0n) is 13.7. The van der Waals surface area contributed by atoms with Crippen LogP contribution in [0.25, 0.3) is 0 Å². The van der Waals surface area contributed by atoms with E-state index in [9.17, 15) is 4.79 Å². The molecule has 0 N–H and O–H groups in total. The van der Waals surface area contributed by atoms with Crippen molar-refractivity contribution in [2.75, 3.05) is 26.9 Å². The topological polar surface area (TPSA) is 40.5 Å². The van der Waals surface area contributed by atoms with Gasteiger partial charge in [0.05, 0.1) is 13.2 Å². The van der Waals surface area contributed by atoms with Crippen molar-refractivity contribution in [3.8, 4) is 0 Å². The van der Waals surface area contributed by atoms with E-state index in [-0.39, 0.29) is 5.41 Å². The van der Waals surface area contributed by atoms with Crippen molar-refractivity contribution in [2.24, 2.45) is 5.41 Å². The summed E-state index contributed by atoms with van der Waals surface area (Å²) in [5, 5.41) is 0. The lowest BCUT2D eigenvalue weighted by Crippen LogP contribution is -2.28. The van der Waals surface area contributed by atoms with E-state index in [0.717, 1.165) is 31.6 Å². The van der Waals surface area contributed by atoms with Gasteiger partial charge in [-0.05, 0) is 31.2 Å². The molecule has 21 heavy (non-hydrogen) atoms. The van der Waals surface area contributed by atoms with Crippen molar-refractivity contribution in [3.05, 3.63) is 23.0 Å². The summed E-state index contributed by atoms with van der Waals surface area (Å²) in [6.07, 6.45) is 2.59. The molecule has 1 aliphatic carbocycles. The average molecular weight is 293 g/mol. The van der Waals surface area contributed by atoms with Crippen molar-refractivity contribution >= 4 is 5.78 Å². The summed E-state index contributed by atoms with van der Waals surface area (Å²) >= 11 is 0. The summed E-state index contributed by atoms with van der Waals surface area (Å²) in [6, 6.07) is 2.05. The van der Waals surface area contributed by atoms with Crippen LogP contribution in [0.4, 0.5) is 0 Å². The van der Waals surface area contributed by atoms with E-state index in [1.807, 2.05) is 0 Å². The number of hydrogen-bond acceptors (Lipinski definition) is 3. The van der Waals surface area contributed by atoms with Gasteiger partial charge in [0.2, 0.25) is 0 Å². The lowest BCUT2D eigenvalue weighted by Gasteiger charge is -2.29. The molecule has 118 valence electrons. The second kappa shape index (κ2) is 6.75. The van der Waals surface area contributed by atoms with Crippen molar-refractivity contribution < 1.29 is 14.3 Å². The normalized spacial score (nSPS) is 17.0. The van der Waals surface area contributed by atoms with Gasteiger partial charge in [-0.1, -0.05) is 13.8 Å². The summed E-state index contributed by atoms with van der Waals surface area (Å²) in [4.78, 5) is 12.3. The molecule has 4 nitrogen and oxygen atoms in total. The molecule has 0 saturated heterocycles. The minimum absolute atomic E-state index is 0.0710. The monoisotopic (exact) mass is 293 g/mol. The Morgan fingerprint density at radius 1 is 1.24 bits per heavy atom. The Balaban J connectivity index is 1.99. The summed E-state index contributed by atoms with van der Waals surface area (Å²) in [6.45, 7) is 9.36. The number of aromatic nitrogens is 1. The number of aryl methyl sites for hydroxylation is 1. The smallest absolute Gasteiger partial charge is 0.165 e. The SMILES string of the molecule is COCCOCCCn1c(C)cc2c1CC(C)(C)CC2=O. The number of carbonyl (C=O) groups is 1. The van der Waals surface area contributed by atoms with Crippen LogP contribution in [-0.2, 0) is 22.4 Å². The molecule has 0 bridgehead atoms. The molecular formula is C17H27NO3. The van der Waals surface area contributed by atoms with Crippen LogP contribution in [0.5, 0.6) is 0 Å². The van der Waals surface area contributed by atoms with E-state index >= 15 is 0 Å². The third-order valence-electron chi connectivity index (χ3n) is 4.10. The summed E-state index contributed by atoms with van der Waals surface area (Å²) < 4.78 is 12.8. The third-order valence-corrected chi connectivity index (χ3v) is 4.10. The number of hydrogen-bond donors (Lipinski definition) is 0. The van der Waals surface area contributed by atoms with Crippen LogP contribution in [0.1, 0.15) is 48.4 Å². The van der Waals surface area contributed by atoms with E-state index in [1.165, 1.54) is 11.4 Å². The van der Waals surface area contributed by atoms with E-state index < -0.39 is 0 Å². The number of ketones is 1. The van der Waals surface area contributed by atoms with Crippen molar-refractivity contribution in [3.63, 3.8) is 0 Å². The van der Waals surface area contributed by atoms with Gasteiger partial charge in [-0.3, -0.25) is 4.79 Å². The fraction of sp³-hybridized carbons (Fsp3) is 0.706. The molecule has 4 heteroatoms. The Bertz CT molecular complexity index is 502. The molecule has 0 aromatic carbocycles. The first-order valence-electron chi connectivity index (χ1n) is 7.73. The minimum atomic E-state index is 0.0710. The van der Waals surface area contributed by atoms with E-state index in [4.69, 9.17) is 9.47 Å². The lowest BCUT2D eigenvalue weighted by atomic mass is 9.76. The number of carbonyl (C=O) groups excluding carboxylic acids is 1. The van der Waals surface area contributed by atoms with Crippen LogP contribution in [0.15, 0.2) is 6.07 Å². The van der Waals surface area contributed by atoms with Crippen LogP contribution in [0, 0.1) is 12.3 Å². The second-order valence-corrected chi connectivity index (χ2v) is 6.70. The first-order valence-corrected chi connectivity index (χ1v) is 7.73. The fourth-order valence-corrected chi connectivity index (χ4v) is 3.09. The Morgan fingerprint density at radius 3 is 2.71 bits per heavy atom. The number of methoxy groups -OCH3 is 1. The Hall–Kier alpha value is -1.13. The van der Waals surface area contributed by atoms with Crippen LogP contribution >= 0.6 is 0 Å². The molecule has 1 aliphatic rings. The molecule has 0 amide bonds. The van der Waals surface area contributed by atoms with Gasteiger partial charge in [-0.25, -0.2) is 0 Å². The molecular weight excluding hydrogens is 266 g/mol. The molecule has 0 fully saturated rings. The molecule has 2 rings (SSSR count). The largest absolute Gasteiger partial charge is 0.382 e. The highest BCUT2D eigenvalue weighted by Crippen LogP contribution is 2.36. The number of nitrogens with zero attached hydrogens (tertiary/aromatic N) is 1. The van der Waals surface area contributed by atoms with Crippen LogP contribution < -0.4 is 0 Å². The molecule has 1 aromatic heterocycles. The van der Waals surface area contributed by atoms with Crippen molar-refractivity contribution in [2.45, 2.75) is 46.6 Å². The number of ether oxygens (including phenoxy) is 2. The Kier molecular flexibility index (Phi) is 5.22. The zero-order chi connectivity index (χ0) is 15.5. The van der Waals surface area contributed by atoms with Crippen LogP contribution in [-0.4, -0.2) is 37.3 Å². The van der Waals surface area contributed by atoms with Gasteiger partial charge in [-0.15, -0.1) is 0 Å². The van der Waals surface area contributed by atoms with Crippen LogP contribution in [0.3, 0.4) is 0 Å². The highest BCUT2D eigenvalue weighted by molar-refractivity contribution is 5.99. The summed E-state index contributed by atoms with van der Waals surface area (Å²) in [5.41, 5.74) is 3.41. The average Bonchev–Trinajstić information content (AvgIpc) is 2.69. The quantitative estimate of drug-likeness (QED) is 0.726. The maximum absolute atomic E-state index is 12.3. The first-order chi connectivity index (χ1) is 9.94. The standard InChI is InChI=1S/C17H27NO3/c1-13-10-14-15(11-17(2,3)12-16(14)19)18(13)6-5-7-21-9-8-20-4/h10H,5-9,11-12H2,1-4H3. The van der Waals surface area contributed by atoms with Gasteiger partial charge in [0.25, 0.3) is 0 Å². The number of Topliss-reactive ketones (excluding diaryl/α,β-unsaturated/α-hetero) is 1. The second-order valence-electron chi connectivity index (χ2n) is 6.70. The van der Waals surface area contributed by atoms with E-state index in [1.54, 1.807) is 7.11 Å². The van der Waals surface area contributed by atoms with E-state index in [2.05, 4.69) is 31.4 Å². The molecule has 0 saturated carbocycles. The number of rotatable bonds is 7. The van der Waals surface area contributed by atoms with Gasteiger partial charge < -0.3 is 14.0 Å². The minimum Gasteiger partial charge on any atom is -0.382 e. The van der Waals surface area contributed by atoms with Gasteiger partial charge in [0.15, 0.2) is 5.78 Å². The fourth-order valence-electron chi connectivity index (χ4n) is 3.09. The molecule has 0 unspecified atom stereocenters. The Labute approximate surface area is 127 Å². The molecule has 0 aliphatic heterocycles. The van der Waals surface area contributed by atoms with Gasteiger partial charge in [0, 0.05) is 43.6 Å². The third kappa shape index (κ3) is 3.95. The molecule has 0 atom stereocenters. The van der Waals surface area contributed by atoms with Crippen molar-refractivity contribution in [1.29, 1.82) is 0 Å². The highest BCUT2D eigenvalue weighted by atomic mass is 16.5. The first kappa shape index (κ1) is 16.2. The van der Waals surface area contributed by atoms with Crippen LogP contribution in [0.2, 0.25) is 0 Å². The number of fused-ring (bicyclic) bond motifs is 1. The predicted octanol–water partition coefficient (Wildman–Crippen LogP) is 3.00. The molecule has 1 heterocycles.